The van der Waals surface area contributed by atoms with E-state index in [1.807, 2.05) is 0 Å². The number of benzene rings is 1. The van der Waals surface area contributed by atoms with Crippen molar-refractivity contribution >= 4 is 21.6 Å². The Bertz CT molecular complexity index is 378. The topological polar surface area (TPSA) is 15.3 Å². The van der Waals surface area contributed by atoms with Crippen molar-refractivity contribution in [3.05, 3.63) is 28.2 Å². The molecular weight excluding hydrogens is 276 g/mol. The Balaban J connectivity index is 2.00. The zero-order valence-corrected chi connectivity index (χ0v) is 12.3. The van der Waals surface area contributed by atoms with Crippen molar-refractivity contribution in [2.24, 2.45) is 0 Å². The molecular formula is C14H21BrN2. The summed E-state index contributed by atoms with van der Waals surface area (Å²) in [6.07, 6.45) is 2.46. The lowest BCUT2D eigenvalue weighted by atomic mass is 10.2. The van der Waals surface area contributed by atoms with Crippen LogP contribution in [0.2, 0.25) is 0 Å². The van der Waals surface area contributed by atoms with E-state index in [1.165, 1.54) is 28.6 Å². The molecule has 1 aliphatic heterocycles. The molecule has 1 heterocycles. The van der Waals surface area contributed by atoms with Crippen molar-refractivity contribution in [1.29, 1.82) is 0 Å². The average molecular weight is 297 g/mol. The van der Waals surface area contributed by atoms with Crippen LogP contribution in [0.3, 0.4) is 0 Å². The zero-order chi connectivity index (χ0) is 12.3. The van der Waals surface area contributed by atoms with E-state index in [2.05, 4.69) is 58.2 Å². The van der Waals surface area contributed by atoms with Crippen molar-refractivity contribution in [2.75, 3.05) is 24.5 Å². The fraction of sp³-hybridized carbons (Fsp3) is 0.571. The summed E-state index contributed by atoms with van der Waals surface area (Å²) < 4.78 is 1.22. The fourth-order valence-corrected chi connectivity index (χ4v) is 3.11. The molecule has 1 aromatic carbocycles. The number of nitrogens with one attached hydrogen (secondary N) is 1. The highest BCUT2D eigenvalue weighted by molar-refractivity contribution is 9.10. The van der Waals surface area contributed by atoms with Crippen molar-refractivity contribution in [2.45, 2.75) is 32.7 Å². The maximum Gasteiger partial charge on any atom is 0.0511 e. The van der Waals surface area contributed by atoms with E-state index in [0.717, 1.165) is 19.6 Å². The molecule has 2 nitrogen and oxygen atoms in total. The Hall–Kier alpha value is -0.540. The summed E-state index contributed by atoms with van der Waals surface area (Å²) in [5.41, 5.74) is 2.64. The number of rotatable bonds is 4. The average Bonchev–Trinajstić information content (AvgIpc) is 2.75. The normalized spacial score (nSPS) is 19.9. The summed E-state index contributed by atoms with van der Waals surface area (Å²) in [7, 11) is 0. The number of halogens is 1. The van der Waals surface area contributed by atoms with Gasteiger partial charge in [-0.25, -0.2) is 0 Å². The van der Waals surface area contributed by atoms with Gasteiger partial charge in [0.15, 0.2) is 0 Å². The molecule has 1 fully saturated rings. The molecule has 0 radical (unpaired) electrons. The van der Waals surface area contributed by atoms with E-state index >= 15 is 0 Å². The molecule has 17 heavy (non-hydrogen) atoms. The zero-order valence-electron chi connectivity index (χ0n) is 10.7. The number of hydrogen-bond acceptors (Lipinski definition) is 2. The van der Waals surface area contributed by atoms with Gasteiger partial charge >= 0.3 is 0 Å². The van der Waals surface area contributed by atoms with Crippen molar-refractivity contribution in [1.82, 2.24) is 5.32 Å². The van der Waals surface area contributed by atoms with Gasteiger partial charge < -0.3 is 10.2 Å². The van der Waals surface area contributed by atoms with Crippen LogP contribution < -0.4 is 10.2 Å². The summed E-state index contributed by atoms with van der Waals surface area (Å²) in [4.78, 5) is 2.47. The SMILES string of the molecule is CCCNC1CCN(c2ccc(C)cc2Br)C1. The second-order valence-corrected chi connectivity index (χ2v) is 5.69. The van der Waals surface area contributed by atoms with E-state index in [9.17, 15) is 0 Å². The Labute approximate surface area is 113 Å². The van der Waals surface area contributed by atoms with Crippen LogP contribution >= 0.6 is 15.9 Å². The third-order valence-corrected chi connectivity index (χ3v) is 3.95. The molecule has 1 aliphatic rings. The lowest BCUT2D eigenvalue weighted by Crippen LogP contribution is -2.33. The van der Waals surface area contributed by atoms with Crippen LogP contribution in [0, 0.1) is 6.92 Å². The monoisotopic (exact) mass is 296 g/mol. The number of anilines is 1. The highest BCUT2D eigenvalue weighted by Gasteiger charge is 2.23. The minimum Gasteiger partial charge on any atom is -0.369 e. The molecule has 0 aliphatic carbocycles. The molecule has 0 aromatic heterocycles. The smallest absolute Gasteiger partial charge is 0.0511 e. The quantitative estimate of drug-likeness (QED) is 0.917. The molecule has 1 N–H and O–H groups in total. The van der Waals surface area contributed by atoms with Crippen LogP contribution in [0.5, 0.6) is 0 Å². The minimum atomic E-state index is 0.656. The summed E-state index contributed by atoms with van der Waals surface area (Å²) in [6.45, 7) is 7.76. The maximum absolute atomic E-state index is 3.67. The standard InChI is InChI=1S/C14H21BrN2/c1-3-7-16-12-6-8-17(10-12)14-5-4-11(2)9-13(14)15/h4-5,9,12,16H,3,6-8,10H2,1-2H3. The van der Waals surface area contributed by atoms with Gasteiger partial charge in [-0.3, -0.25) is 0 Å². The Morgan fingerprint density at radius 1 is 1.47 bits per heavy atom. The van der Waals surface area contributed by atoms with Crippen molar-refractivity contribution in [3.63, 3.8) is 0 Å². The van der Waals surface area contributed by atoms with E-state index in [0.29, 0.717) is 6.04 Å². The van der Waals surface area contributed by atoms with Gasteiger partial charge in [0.1, 0.15) is 0 Å². The van der Waals surface area contributed by atoms with Crippen LogP contribution in [-0.2, 0) is 0 Å². The first-order chi connectivity index (χ1) is 8.20. The largest absolute Gasteiger partial charge is 0.369 e. The van der Waals surface area contributed by atoms with E-state index in [4.69, 9.17) is 0 Å². The molecule has 0 saturated carbocycles. The first-order valence-electron chi connectivity index (χ1n) is 6.45. The van der Waals surface area contributed by atoms with Gasteiger partial charge in [-0.05, 0) is 59.9 Å². The maximum atomic E-state index is 3.67. The molecule has 0 amide bonds. The summed E-state index contributed by atoms with van der Waals surface area (Å²) in [5, 5.41) is 3.60. The van der Waals surface area contributed by atoms with E-state index in [1.54, 1.807) is 0 Å². The highest BCUT2D eigenvalue weighted by atomic mass is 79.9. The molecule has 3 heteroatoms. The minimum absolute atomic E-state index is 0.656. The van der Waals surface area contributed by atoms with Gasteiger partial charge in [0.2, 0.25) is 0 Å². The Kier molecular flexibility index (Phi) is 4.46. The number of aryl methyl sites for hydroxylation is 1. The summed E-state index contributed by atoms with van der Waals surface area (Å²) in [6, 6.07) is 7.26. The second-order valence-electron chi connectivity index (χ2n) is 4.84. The summed E-state index contributed by atoms with van der Waals surface area (Å²) >= 11 is 3.67. The first-order valence-corrected chi connectivity index (χ1v) is 7.24. The second kappa shape index (κ2) is 5.87. The molecule has 1 unspecified atom stereocenters. The van der Waals surface area contributed by atoms with Crippen molar-refractivity contribution in [3.8, 4) is 0 Å². The third-order valence-electron chi connectivity index (χ3n) is 3.32. The van der Waals surface area contributed by atoms with Gasteiger partial charge in [0.25, 0.3) is 0 Å². The number of nitrogens with zero attached hydrogens (tertiary/aromatic N) is 1. The number of hydrogen-bond donors (Lipinski definition) is 1. The third kappa shape index (κ3) is 3.23. The predicted molar refractivity (Wildman–Crippen MR) is 77.8 cm³/mol. The molecule has 2 rings (SSSR count). The van der Waals surface area contributed by atoms with Gasteiger partial charge in [0, 0.05) is 23.6 Å². The molecule has 0 spiro atoms. The van der Waals surface area contributed by atoms with Gasteiger partial charge in [-0.15, -0.1) is 0 Å². The van der Waals surface area contributed by atoms with E-state index in [-0.39, 0.29) is 0 Å². The highest BCUT2D eigenvalue weighted by Crippen LogP contribution is 2.29. The molecule has 1 saturated heterocycles. The molecule has 1 aromatic rings. The summed E-state index contributed by atoms with van der Waals surface area (Å²) in [5.74, 6) is 0. The van der Waals surface area contributed by atoms with Crippen LogP contribution in [0.1, 0.15) is 25.3 Å². The van der Waals surface area contributed by atoms with E-state index < -0.39 is 0 Å². The van der Waals surface area contributed by atoms with Crippen molar-refractivity contribution < 1.29 is 0 Å². The van der Waals surface area contributed by atoms with Gasteiger partial charge in [-0.2, -0.15) is 0 Å². The van der Waals surface area contributed by atoms with Crippen LogP contribution in [0.15, 0.2) is 22.7 Å². The molecule has 94 valence electrons. The molecule has 0 bridgehead atoms. The van der Waals surface area contributed by atoms with Gasteiger partial charge in [0.05, 0.1) is 5.69 Å². The fourth-order valence-electron chi connectivity index (χ4n) is 2.36. The van der Waals surface area contributed by atoms with Gasteiger partial charge in [-0.1, -0.05) is 13.0 Å². The lowest BCUT2D eigenvalue weighted by molar-refractivity contribution is 0.549. The Morgan fingerprint density at radius 2 is 2.29 bits per heavy atom. The van der Waals surface area contributed by atoms with Crippen LogP contribution in [-0.4, -0.2) is 25.7 Å². The lowest BCUT2D eigenvalue weighted by Gasteiger charge is -2.20. The first kappa shape index (κ1) is 12.9. The predicted octanol–water partition coefficient (Wildman–Crippen LogP) is 3.34. The van der Waals surface area contributed by atoms with Crippen LogP contribution in [0.25, 0.3) is 0 Å². The Morgan fingerprint density at radius 3 is 3.00 bits per heavy atom. The molecule has 1 atom stereocenters. The van der Waals surface area contributed by atoms with Crippen LogP contribution in [0.4, 0.5) is 5.69 Å².